The molecule has 8 heteroatoms. The van der Waals surface area contributed by atoms with Gasteiger partial charge in [-0.1, -0.05) is 13.0 Å². The molecule has 0 fully saturated rings. The smallest absolute Gasteiger partial charge is 0.339 e. The van der Waals surface area contributed by atoms with Crippen molar-refractivity contribution in [2.45, 2.75) is 33.3 Å². The van der Waals surface area contributed by atoms with Crippen molar-refractivity contribution >= 4 is 11.7 Å². The fraction of sp³-hybridized carbons (Fsp3) is 0.357. The Kier molecular flexibility index (Phi) is 4.50. The lowest BCUT2D eigenvalue weighted by atomic mass is 10.1. The SMILES string of the molecule is CCc1ccc(C(=O)O[C@@H](C)c2nnc(C)o2)cc1[N+](=O)[O-]. The Balaban J connectivity index is 2.19. The Bertz CT molecular complexity index is 710. The topological polar surface area (TPSA) is 108 Å². The van der Waals surface area contributed by atoms with Gasteiger partial charge in [-0.2, -0.15) is 0 Å². The molecule has 0 amide bonds. The zero-order valence-electron chi connectivity index (χ0n) is 12.4. The van der Waals surface area contributed by atoms with Gasteiger partial charge in [-0.3, -0.25) is 10.1 Å². The summed E-state index contributed by atoms with van der Waals surface area (Å²) in [6.45, 7) is 5.01. The molecule has 8 nitrogen and oxygen atoms in total. The number of ether oxygens (including phenoxy) is 1. The first-order valence-electron chi connectivity index (χ1n) is 6.70. The van der Waals surface area contributed by atoms with E-state index in [4.69, 9.17) is 9.15 Å². The van der Waals surface area contributed by atoms with Gasteiger partial charge in [0.1, 0.15) is 0 Å². The van der Waals surface area contributed by atoms with Crippen LogP contribution in [0.25, 0.3) is 0 Å². The highest BCUT2D eigenvalue weighted by molar-refractivity contribution is 5.90. The Morgan fingerprint density at radius 2 is 2.18 bits per heavy atom. The van der Waals surface area contributed by atoms with Gasteiger partial charge in [-0.05, 0) is 19.4 Å². The minimum absolute atomic E-state index is 0.0989. The largest absolute Gasteiger partial charge is 0.449 e. The van der Waals surface area contributed by atoms with E-state index in [9.17, 15) is 14.9 Å². The number of nitrogens with zero attached hydrogens (tertiary/aromatic N) is 3. The van der Waals surface area contributed by atoms with Gasteiger partial charge in [0.25, 0.3) is 11.6 Å². The van der Waals surface area contributed by atoms with Crippen LogP contribution in [0.4, 0.5) is 5.69 Å². The summed E-state index contributed by atoms with van der Waals surface area (Å²) in [5.41, 5.74) is 0.562. The van der Waals surface area contributed by atoms with Crippen molar-refractivity contribution in [3.8, 4) is 0 Å². The normalized spacial score (nSPS) is 12.0. The van der Waals surface area contributed by atoms with E-state index >= 15 is 0 Å². The lowest BCUT2D eigenvalue weighted by Gasteiger charge is -2.10. The number of benzene rings is 1. The molecule has 0 aliphatic carbocycles. The molecule has 22 heavy (non-hydrogen) atoms. The minimum atomic E-state index is -0.737. The standard InChI is InChI=1S/C14H15N3O5/c1-4-10-5-6-11(7-12(10)17(19)20)14(18)21-8(2)13-16-15-9(3)22-13/h5-8H,4H2,1-3H3/t8-/m0/s1. The fourth-order valence-corrected chi connectivity index (χ4v) is 1.91. The van der Waals surface area contributed by atoms with Crippen LogP contribution < -0.4 is 0 Å². The van der Waals surface area contributed by atoms with E-state index in [0.717, 1.165) is 0 Å². The molecule has 1 atom stereocenters. The number of esters is 1. The van der Waals surface area contributed by atoms with Crippen LogP contribution in [0.3, 0.4) is 0 Å². The van der Waals surface area contributed by atoms with E-state index in [1.807, 2.05) is 0 Å². The molecule has 0 unspecified atom stereocenters. The van der Waals surface area contributed by atoms with Gasteiger partial charge in [0, 0.05) is 18.6 Å². The maximum absolute atomic E-state index is 12.1. The molecule has 0 saturated heterocycles. The highest BCUT2D eigenvalue weighted by atomic mass is 16.6. The number of hydrogen-bond donors (Lipinski definition) is 0. The maximum atomic E-state index is 12.1. The van der Waals surface area contributed by atoms with Gasteiger partial charge in [0.2, 0.25) is 5.89 Å². The highest BCUT2D eigenvalue weighted by Crippen LogP contribution is 2.23. The summed E-state index contributed by atoms with van der Waals surface area (Å²) in [4.78, 5) is 22.6. The monoisotopic (exact) mass is 305 g/mol. The average molecular weight is 305 g/mol. The number of hydrogen-bond acceptors (Lipinski definition) is 7. The van der Waals surface area contributed by atoms with Crippen LogP contribution in [0.15, 0.2) is 22.6 Å². The summed E-state index contributed by atoms with van der Waals surface area (Å²) in [6, 6.07) is 4.27. The van der Waals surface area contributed by atoms with Crippen molar-refractivity contribution < 1.29 is 18.9 Å². The second-order valence-corrected chi connectivity index (χ2v) is 4.66. The molecule has 0 bridgehead atoms. The van der Waals surface area contributed by atoms with Crippen LogP contribution in [0, 0.1) is 17.0 Å². The lowest BCUT2D eigenvalue weighted by Crippen LogP contribution is -2.10. The average Bonchev–Trinajstić information content (AvgIpc) is 2.93. The van der Waals surface area contributed by atoms with Crippen LogP contribution in [0.5, 0.6) is 0 Å². The van der Waals surface area contributed by atoms with Crippen molar-refractivity contribution in [3.05, 3.63) is 51.2 Å². The van der Waals surface area contributed by atoms with Crippen LogP contribution in [-0.4, -0.2) is 21.1 Å². The summed E-state index contributed by atoms with van der Waals surface area (Å²) in [5.74, 6) is -0.152. The molecule has 0 aliphatic heterocycles. The van der Waals surface area contributed by atoms with Crippen LogP contribution >= 0.6 is 0 Å². The number of nitro groups is 1. The molecule has 1 aromatic carbocycles. The van der Waals surface area contributed by atoms with E-state index in [2.05, 4.69) is 10.2 Å². The van der Waals surface area contributed by atoms with Crippen LogP contribution in [0.2, 0.25) is 0 Å². The summed E-state index contributed by atoms with van der Waals surface area (Å²) in [7, 11) is 0. The third-order valence-electron chi connectivity index (χ3n) is 3.07. The predicted molar refractivity (Wildman–Crippen MR) is 75.3 cm³/mol. The van der Waals surface area contributed by atoms with Gasteiger partial charge in [0.05, 0.1) is 10.5 Å². The molecule has 0 radical (unpaired) electrons. The Morgan fingerprint density at radius 3 is 2.73 bits per heavy atom. The number of aromatic nitrogens is 2. The second-order valence-electron chi connectivity index (χ2n) is 4.66. The Labute approximate surface area is 126 Å². The molecule has 116 valence electrons. The van der Waals surface area contributed by atoms with E-state index in [-0.39, 0.29) is 17.1 Å². The number of rotatable bonds is 5. The van der Waals surface area contributed by atoms with Crippen LogP contribution in [-0.2, 0) is 11.2 Å². The summed E-state index contributed by atoms with van der Waals surface area (Å²) < 4.78 is 10.4. The Morgan fingerprint density at radius 1 is 1.45 bits per heavy atom. The van der Waals surface area contributed by atoms with Crippen LogP contribution in [0.1, 0.15) is 47.7 Å². The zero-order valence-corrected chi connectivity index (χ0v) is 12.4. The molecule has 0 aliphatic rings. The van der Waals surface area contributed by atoms with Crippen molar-refractivity contribution in [1.29, 1.82) is 0 Å². The third kappa shape index (κ3) is 3.27. The zero-order chi connectivity index (χ0) is 16.3. The fourth-order valence-electron chi connectivity index (χ4n) is 1.91. The lowest BCUT2D eigenvalue weighted by molar-refractivity contribution is -0.385. The molecule has 0 saturated carbocycles. The molecule has 0 spiro atoms. The maximum Gasteiger partial charge on any atom is 0.339 e. The van der Waals surface area contributed by atoms with Gasteiger partial charge in [0.15, 0.2) is 6.10 Å². The molecule has 1 heterocycles. The minimum Gasteiger partial charge on any atom is -0.449 e. The molecule has 0 N–H and O–H groups in total. The summed E-state index contributed by atoms with van der Waals surface area (Å²) >= 11 is 0. The number of carbonyl (C=O) groups is 1. The van der Waals surface area contributed by atoms with Gasteiger partial charge >= 0.3 is 5.97 Å². The number of aryl methyl sites for hydroxylation is 2. The molecule has 1 aromatic heterocycles. The van der Waals surface area contributed by atoms with E-state index in [1.165, 1.54) is 12.1 Å². The molecule has 2 aromatic rings. The first-order chi connectivity index (χ1) is 10.4. The van der Waals surface area contributed by atoms with E-state index < -0.39 is 17.0 Å². The summed E-state index contributed by atoms with van der Waals surface area (Å²) in [5, 5.41) is 18.4. The van der Waals surface area contributed by atoms with Gasteiger partial charge in [-0.25, -0.2) is 4.79 Å². The van der Waals surface area contributed by atoms with Crippen molar-refractivity contribution in [2.24, 2.45) is 0 Å². The Hall–Kier alpha value is -2.77. The number of carbonyl (C=O) groups excluding carboxylic acids is 1. The van der Waals surface area contributed by atoms with Crippen molar-refractivity contribution in [1.82, 2.24) is 10.2 Å². The first kappa shape index (κ1) is 15.6. The van der Waals surface area contributed by atoms with E-state index in [1.54, 1.807) is 26.8 Å². The van der Waals surface area contributed by atoms with Crippen molar-refractivity contribution in [2.75, 3.05) is 0 Å². The van der Waals surface area contributed by atoms with Gasteiger partial charge < -0.3 is 9.15 Å². The third-order valence-corrected chi connectivity index (χ3v) is 3.07. The van der Waals surface area contributed by atoms with Crippen molar-refractivity contribution in [3.63, 3.8) is 0 Å². The number of nitro benzene ring substituents is 1. The molecule has 2 rings (SSSR count). The predicted octanol–water partition coefficient (Wildman–Crippen LogP) is 2.77. The quantitative estimate of drug-likeness (QED) is 0.474. The second kappa shape index (κ2) is 6.33. The summed E-state index contributed by atoms with van der Waals surface area (Å²) in [6.07, 6.45) is -0.234. The molecular weight excluding hydrogens is 290 g/mol. The van der Waals surface area contributed by atoms with E-state index in [0.29, 0.717) is 17.9 Å². The van der Waals surface area contributed by atoms with Gasteiger partial charge in [-0.15, -0.1) is 10.2 Å². The highest BCUT2D eigenvalue weighted by Gasteiger charge is 2.21. The molecular formula is C14H15N3O5. The first-order valence-corrected chi connectivity index (χ1v) is 6.70.